The van der Waals surface area contributed by atoms with Gasteiger partial charge in [-0.05, 0) is 6.07 Å². The van der Waals surface area contributed by atoms with Crippen LogP contribution < -0.4 is 15.4 Å². The van der Waals surface area contributed by atoms with Crippen LogP contribution in [0.4, 0.5) is 11.4 Å². The minimum absolute atomic E-state index is 0.0413. The van der Waals surface area contributed by atoms with E-state index in [-0.39, 0.29) is 17.9 Å². The number of carbonyl (C=O) groups excluding carboxylic acids is 1. The summed E-state index contributed by atoms with van der Waals surface area (Å²) < 4.78 is 10.6. The molecule has 0 spiro atoms. The molecule has 2 aliphatic heterocycles. The highest BCUT2D eigenvalue weighted by Gasteiger charge is 2.33. The van der Waals surface area contributed by atoms with E-state index in [0.717, 1.165) is 25.4 Å². The minimum Gasteiger partial charge on any atom is -0.482 e. The molecular formula is C13H15ClN2O3. The van der Waals surface area contributed by atoms with Gasteiger partial charge in [0.25, 0.3) is 5.91 Å². The van der Waals surface area contributed by atoms with Crippen LogP contribution in [0.25, 0.3) is 0 Å². The molecule has 3 rings (SSSR count). The number of benzene rings is 1. The van der Waals surface area contributed by atoms with Crippen molar-refractivity contribution >= 4 is 28.9 Å². The maximum absolute atomic E-state index is 11.2. The van der Waals surface area contributed by atoms with Gasteiger partial charge in [-0.25, -0.2) is 0 Å². The maximum atomic E-state index is 11.2. The summed E-state index contributed by atoms with van der Waals surface area (Å²) in [6, 6.07) is 3.52. The predicted octanol–water partition coefficient (Wildman–Crippen LogP) is 2.12. The number of carbonyl (C=O) groups is 1. The Labute approximate surface area is 116 Å². The molecule has 1 aromatic carbocycles. The van der Waals surface area contributed by atoms with E-state index < -0.39 is 0 Å². The number of ether oxygens (including phenoxy) is 2. The number of fused-ring (bicyclic) bond motifs is 1. The van der Waals surface area contributed by atoms with Gasteiger partial charge in [-0.15, -0.1) is 0 Å². The molecule has 0 saturated carbocycles. The fourth-order valence-corrected chi connectivity index (χ4v) is 2.33. The number of amides is 1. The third-order valence-electron chi connectivity index (χ3n) is 3.31. The lowest BCUT2D eigenvalue weighted by molar-refractivity contribution is -0.118. The number of halogens is 1. The van der Waals surface area contributed by atoms with Crippen molar-refractivity contribution in [1.29, 1.82) is 0 Å². The first-order valence-electron chi connectivity index (χ1n) is 6.14. The molecule has 2 N–H and O–H groups in total. The van der Waals surface area contributed by atoms with Gasteiger partial charge in [0.05, 0.1) is 29.6 Å². The van der Waals surface area contributed by atoms with Crippen molar-refractivity contribution in [2.45, 2.75) is 6.92 Å². The van der Waals surface area contributed by atoms with Crippen molar-refractivity contribution in [3.8, 4) is 5.75 Å². The van der Waals surface area contributed by atoms with Crippen LogP contribution in [0.2, 0.25) is 5.02 Å². The van der Waals surface area contributed by atoms with Crippen molar-refractivity contribution in [2.24, 2.45) is 5.41 Å². The zero-order valence-electron chi connectivity index (χ0n) is 10.6. The third kappa shape index (κ3) is 2.48. The van der Waals surface area contributed by atoms with Crippen molar-refractivity contribution in [2.75, 3.05) is 37.0 Å². The van der Waals surface area contributed by atoms with Crippen molar-refractivity contribution in [3.63, 3.8) is 0 Å². The maximum Gasteiger partial charge on any atom is 0.262 e. The Bertz CT molecular complexity index is 529. The van der Waals surface area contributed by atoms with Crippen LogP contribution in [0, 0.1) is 5.41 Å². The smallest absolute Gasteiger partial charge is 0.262 e. The molecular weight excluding hydrogens is 268 g/mol. The molecule has 102 valence electrons. The summed E-state index contributed by atoms with van der Waals surface area (Å²) in [6.45, 7) is 4.51. The van der Waals surface area contributed by atoms with Crippen LogP contribution in [-0.2, 0) is 9.53 Å². The molecule has 1 fully saturated rings. The molecule has 2 heterocycles. The Morgan fingerprint density at radius 1 is 1.47 bits per heavy atom. The molecule has 0 aromatic heterocycles. The zero-order valence-corrected chi connectivity index (χ0v) is 11.3. The highest BCUT2D eigenvalue weighted by atomic mass is 35.5. The van der Waals surface area contributed by atoms with Crippen LogP contribution in [0.15, 0.2) is 12.1 Å². The first kappa shape index (κ1) is 12.6. The Hall–Kier alpha value is -1.46. The average molecular weight is 283 g/mol. The van der Waals surface area contributed by atoms with Gasteiger partial charge in [-0.1, -0.05) is 18.5 Å². The van der Waals surface area contributed by atoms with E-state index in [1.807, 2.05) is 6.07 Å². The second kappa shape index (κ2) is 4.58. The van der Waals surface area contributed by atoms with Crippen molar-refractivity contribution < 1.29 is 14.3 Å². The standard InChI is InChI=1S/C13H15ClN2O3/c1-13(6-18-7-13)5-15-9-3-11-10(2-8(9)14)16-12(17)4-19-11/h2-3,15H,4-7H2,1H3,(H,16,17). The molecule has 0 atom stereocenters. The highest BCUT2D eigenvalue weighted by Crippen LogP contribution is 2.37. The largest absolute Gasteiger partial charge is 0.482 e. The summed E-state index contributed by atoms with van der Waals surface area (Å²) in [4.78, 5) is 11.2. The lowest BCUT2D eigenvalue weighted by Gasteiger charge is -2.38. The van der Waals surface area contributed by atoms with Crippen molar-refractivity contribution in [1.82, 2.24) is 0 Å². The summed E-state index contributed by atoms with van der Waals surface area (Å²) in [5.74, 6) is 0.477. The van der Waals surface area contributed by atoms with Crippen LogP contribution in [0.1, 0.15) is 6.92 Å². The summed E-state index contributed by atoms with van der Waals surface area (Å²) in [5.41, 5.74) is 1.59. The topological polar surface area (TPSA) is 59.6 Å². The molecule has 5 nitrogen and oxygen atoms in total. The molecule has 6 heteroatoms. The van der Waals surface area contributed by atoms with E-state index in [0.29, 0.717) is 16.5 Å². The zero-order chi connectivity index (χ0) is 13.5. The lowest BCUT2D eigenvalue weighted by atomic mass is 9.88. The molecule has 0 bridgehead atoms. The Balaban J connectivity index is 1.76. The van der Waals surface area contributed by atoms with E-state index in [1.165, 1.54) is 0 Å². The third-order valence-corrected chi connectivity index (χ3v) is 3.62. The summed E-state index contributed by atoms with van der Waals surface area (Å²) in [6.07, 6.45) is 0. The van der Waals surface area contributed by atoms with Gasteiger partial charge in [0.1, 0.15) is 5.75 Å². The summed E-state index contributed by atoms with van der Waals surface area (Å²) in [5, 5.41) is 6.60. The molecule has 1 amide bonds. The number of nitrogens with one attached hydrogen (secondary N) is 2. The average Bonchev–Trinajstić information content (AvgIpc) is 2.34. The van der Waals surface area contributed by atoms with Gasteiger partial charge >= 0.3 is 0 Å². The molecule has 0 aliphatic carbocycles. The van der Waals surface area contributed by atoms with Gasteiger partial charge in [0.15, 0.2) is 6.61 Å². The molecule has 2 aliphatic rings. The van der Waals surface area contributed by atoms with Gasteiger partial charge < -0.3 is 20.1 Å². The molecule has 0 unspecified atom stereocenters. The molecule has 1 aromatic rings. The number of rotatable bonds is 3. The summed E-state index contributed by atoms with van der Waals surface area (Å²) in [7, 11) is 0. The van der Waals surface area contributed by atoms with E-state index in [1.54, 1.807) is 6.07 Å². The second-order valence-corrected chi connectivity index (χ2v) is 5.73. The van der Waals surface area contributed by atoms with Crippen LogP contribution in [0.3, 0.4) is 0 Å². The van der Waals surface area contributed by atoms with Crippen molar-refractivity contribution in [3.05, 3.63) is 17.2 Å². The Morgan fingerprint density at radius 2 is 2.26 bits per heavy atom. The molecule has 0 radical (unpaired) electrons. The normalized spacial score (nSPS) is 19.8. The Morgan fingerprint density at radius 3 is 2.95 bits per heavy atom. The number of hydrogen-bond acceptors (Lipinski definition) is 4. The minimum atomic E-state index is -0.164. The second-order valence-electron chi connectivity index (χ2n) is 5.32. The lowest BCUT2D eigenvalue weighted by Crippen LogP contribution is -2.45. The molecule has 19 heavy (non-hydrogen) atoms. The number of anilines is 2. The van der Waals surface area contributed by atoms with Crippen LogP contribution >= 0.6 is 11.6 Å². The first-order chi connectivity index (χ1) is 9.06. The fraction of sp³-hybridized carbons (Fsp3) is 0.462. The highest BCUT2D eigenvalue weighted by molar-refractivity contribution is 6.33. The van der Waals surface area contributed by atoms with Crippen LogP contribution in [0.5, 0.6) is 5.75 Å². The quantitative estimate of drug-likeness (QED) is 0.891. The van der Waals surface area contributed by atoms with Gasteiger partial charge in [0, 0.05) is 18.0 Å². The van der Waals surface area contributed by atoms with Crippen LogP contribution in [-0.4, -0.2) is 32.3 Å². The van der Waals surface area contributed by atoms with Gasteiger partial charge in [-0.3, -0.25) is 4.79 Å². The fourth-order valence-electron chi connectivity index (χ4n) is 2.10. The van der Waals surface area contributed by atoms with E-state index >= 15 is 0 Å². The van der Waals surface area contributed by atoms with Gasteiger partial charge in [0.2, 0.25) is 0 Å². The first-order valence-corrected chi connectivity index (χ1v) is 6.51. The van der Waals surface area contributed by atoms with Gasteiger partial charge in [-0.2, -0.15) is 0 Å². The summed E-state index contributed by atoms with van der Waals surface area (Å²) >= 11 is 6.20. The monoisotopic (exact) mass is 282 g/mol. The van der Waals surface area contributed by atoms with E-state index in [2.05, 4.69) is 17.6 Å². The number of hydrogen-bond donors (Lipinski definition) is 2. The predicted molar refractivity (Wildman–Crippen MR) is 73.0 cm³/mol. The molecule has 1 saturated heterocycles. The van der Waals surface area contributed by atoms with E-state index in [9.17, 15) is 4.79 Å². The van der Waals surface area contributed by atoms with E-state index in [4.69, 9.17) is 21.1 Å². The SMILES string of the molecule is CC1(CNc2cc3c(cc2Cl)NC(=O)CO3)COC1. The Kier molecular flexibility index (Phi) is 3.03.